The zero-order valence-corrected chi connectivity index (χ0v) is 20.0. The molecule has 36 heavy (non-hydrogen) atoms. The van der Waals surface area contributed by atoms with Gasteiger partial charge in [0.15, 0.2) is 0 Å². The molecule has 0 amide bonds. The largest absolute Gasteiger partial charge is 0.341 e. The highest BCUT2D eigenvalue weighted by Crippen LogP contribution is 2.29. The Bertz CT molecular complexity index is 1500. The Morgan fingerprint density at radius 2 is 1.08 bits per heavy atom. The number of benzene rings is 1. The van der Waals surface area contributed by atoms with E-state index in [1.807, 2.05) is 24.8 Å². The SMILES string of the molecule is c1cc(-c2cnc(C3CCCN3)[nH]2)ccc1-c1cnc2cc(-c3cnc(C4CCCN4)[nH]3)cnc2c1. The fourth-order valence-electron chi connectivity index (χ4n) is 5.31. The van der Waals surface area contributed by atoms with E-state index in [2.05, 4.69) is 67.0 Å². The molecule has 2 saturated heterocycles. The lowest BCUT2D eigenvalue weighted by Gasteiger charge is -2.07. The van der Waals surface area contributed by atoms with Gasteiger partial charge in [-0.3, -0.25) is 9.97 Å². The molecule has 8 heteroatoms. The summed E-state index contributed by atoms with van der Waals surface area (Å²) in [4.78, 5) is 25.6. The molecule has 2 aliphatic heterocycles. The number of nitrogens with one attached hydrogen (secondary N) is 4. The number of imidazole rings is 2. The van der Waals surface area contributed by atoms with Gasteiger partial charge in [-0.25, -0.2) is 9.97 Å². The fraction of sp³-hybridized carbons (Fsp3) is 0.286. The van der Waals surface area contributed by atoms with Gasteiger partial charge in [0.1, 0.15) is 11.6 Å². The lowest BCUT2D eigenvalue weighted by atomic mass is 10.0. The summed E-state index contributed by atoms with van der Waals surface area (Å²) in [5, 5.41) is 6.98. The van der Waals surface area contributed by atoms with Crippen molar-refractivity contribution >= 4 is 11.0 Å². The van der Waals surface area contributed by atoms with Crippen LogP contribution in [-0.4, -0.2) is 43.0 Å². The van der Waals surface area contributed by atoms with E-state index < -0.39 is 0 Å². The number of aromatic amines is 2. The Morgan fingerprint density at radius 3 is 1.67 bits per heavy atom. The Balaban J connectivity index is 1.11. The first-order valence-electron chi connectivity index (χ1n) is 12.7. The van der Waals surface area contributed by atoms with Crippen molar-refractivity contribution in [2.24, 2.45) is 0 Å². The monoisotopic (exact) mass is 476 g/mol. The first-order chi connectivity index (χ1) is 17.8. The summed E-state index contributed by atoms with van der Waals surface area (Å²) in [7, 11) is 0. The van der Waals surface area contributed by atoms with Crippen molar-refractivity contribution in [3.63, 3.8) is 0 Å². The van der Waals surface area contributed by atoms with E-state index in [9.17, 15) is 0 Å². The molecule has 4 N–H and O–H groups in total. The minimum absolute atomic E-state index is 0.318. The number of pyridine rings is 2. The van der Waals surface area contributed by atoms with Crippen LogP contribution in [0.15, 0.2) is 61.2 Å². The van der Waals surface area contributed by atoms with Gasteiger partial charge in [-0.15, -0.1) is 0 Å². The maximum atomic E-state index is 4.72. The summed E-state index contributed by atoms with van der Waals surface area (Å²) in [6.45, 7) is 2.11. The number of aromatic nitrogens is 6. The molecule has 0 radical (unpaired) electrons. The van der Waals surface area contributed by atoms with E-state index >= 15 is 0 Å². The molecule has 2 atom stereocenters. The van der Waals surface area contributed by atoms with Crippen LogP contribution in [0.25, 0.3) is 44.7 Å². The number of H-pyrrole nitrogens is 2. The van der Waals surface area contributed by atoms with Crippen molar-refractivity contribution < 1.29 is 0 Å². The van der Waals surface area contributed by atoms with E-state index in [1.54, 1.807) is 0 Å². The summed E-state index contributed by atoms with van der Waals surface area (Å²) in [6, 6.07) is 13.3. The third-order valence-corrected chi connectivity index (χ3v) is 7.34. The maximum Gasteiger partial charge on any atom is 0.123 e. The summed E-state index contributed by atoms with van der Waals surface area (Å²) >= 11 is 0. The van der Waals surface area contributed by atoms with Crippen molar-refractivity contribution in [1.82, 2.24) is 40.5 Å². The van der Waals surface area contributed by atoms with Gasteiger partial charge in [0.2, 0.25) is 0 Å². The van der Waals surface area contributed by atoms with Crippen LogP contribution < -0.4 is 10.6 Å². The average Bonchev–Trinajstić information content (AvgIpc) is 3.75. The summed E-state index contributed by atoms with van der Waals surface area (Å²) in [6.07, 6.45) is 12.3. The van der Waals surface area contributed by atoms with Crippen LogP contribution in [0.4, 0.5) is 0 Å². The van der Waals surface area contributed by atoms with Crippen LogP contribution in [0.5, 0.6) is 0 Å². The molecule has 1 aromatic carbocycles. The van der Waals surface area contributed by atoms with E-state index in [0.717, 1.165) is 82.3 Å². The number of hydrogen-bond donors (Lipinski definition) is 4. The van der Waals surface area contributed by atoms with Gasteiger partial charge in [0.05, 0.1) is 46.9 Å². The van der Waals surface area contributed by atoms with Crippen LogP contribution >= 0.6 is 0 Å². The molecule has 4 aromatic heterocycles. The lowest BCUT2D eigenvalue weighted by Crippen LogP contribution is -2.14. The van der Waals surface area contributed by atoms with Gasteiger partial charge in [0.25, 0.3) is 0 Å². The zero-order chi connectivity index (χ0) is 23.9. The molecule has 0 spiro atoms. The van der Waals surface area contributed by atoms with Crippen molar-refractivity contribution in [1.29, 1.82) is 0 Å². The van der Waals surface area contributed by atoms with E-state index in [-0.39, 0.29) is 0 Å². The van der Waals surface area contributed by atoms with Crippen LogP contribution in [-0.2, 0) is 0 Å². The average molecular weight is 477 g/mol. The third kappa shape index (κ3) is 3.98. The molecule has 2 aliphatic rings. The van der Waals surface area contributed by atoms with Crippen LogP contribution in [0.2, 0.25) is 0 Å². The minimum atomic E-state index is 0.318. The van der Waals surface area contributed by atoms with E-state index in [0.29, 0.717) is 12.1 Å². The molecule has 5 aromatic rings. The normalized spacial score (nSPS) is 19.9. The lowest BCUT2D eigenvalue weighted by molar-refractivity contribution is 0.613. The second kappa shape index (κ2) is 8.96. The number of nitrogens with zero attached hydrogens (tertiary/aromatic N) is 4. The summed E-state index contributed by atoms with van der Waals surface area (Å²) in [5.41, 5.74) is 8.04. The Kier molecular flexibility index (Phi) is 5.33. The molecule has 2 fully saturated rings. The molecule has 0 saturated carbocycles. The van der Waals surface area contributed by atoms with Crippen molar-refractivity contribution in [2.45, 2.75) is 37.8 Å². The third-order valence-electron chi connectivity index (χ3n) is 7.34. The Hall–Kier alpha value is -3.88. The van der Waals surface area contributed by atoms with Crippen molar-refractivity contribution in [2.75, 3.05) is 13.1 Å². The number of fused-ring (bicyclic) bond motifs is 1. The second-order valence-electron chi connectivity index (χ2n) is 9.73. The summed E-state index contributed by atoms with van der Waals surface area (Å²) in [5.74, 6) is 2.02. The molecule has 7 rings (SSSR count). The molecular weight excluding hydrogens is 448 g/mol. The standard InChI is InChI=1S/C28H28N8/c1-3-21(29-9-1)27-33-15-25(35-27)18-7-5-17(6-8-18)19-11-23-24(31-13-19)12-20(14-32-23)26-16-34-28(36-26)22-4-2-10-30-22/h5-8,11-16,21-22,29-30H,1-4,9-10H2,(H,33,35)(H,34,36). The van der Waals surface area contributed by atoms with E-state index in [1.165, 1.54) is 12.8 Å². The highest BCUT2D eigenvalue weighted by Gasteiger charge is 2.20. The second-order valence-corrected chi connectivity index (χ2v) is 9.73. The predicted molar refractivity (Wildman–Crippen MR) is 140 cm³/mol. The van der Waals surface area contributed by atoms with Crippen LogP contribution in [0.3, 0.4) is 0 Å². The summed E-state index contributed by atoms with van der Waals surface area (Å²) < 4.78 is 0. The molecule has 8 nitrogen and oxygen atoms in total. The Labute approximate surface area is 209 Å². The van der Waals surface area contributed by atoms with Gasteiger partial charge < -0.3 is 20.6 Å². The highest BCUT2D eigenvalue weighted by molar-refractivity contribution is 5.83. The number of hydrogen-bond acceptors (Lipinski definition) is 6. The maximum absolute atomic E-state index is 4.72. The Morgan fingerprint density at radius 1 is 0.556 bits per heavy atom. The molecule has 180 valence electrons. The molecule has 6 heterocycles. The smallest absolute Gasteiger partial charge is 0.123 e. The van der Waals surface area contributed by atoms with Crippen LogP contribution in [0.1, 0.15) is 49.4 Å². The van der Waals surface area contributed by atoms with Gasteiger partial charge in [-0.1, -0.05) is 24.3 Å². The molecule has 0 bridgehead atoms. The fourth-order valence-corrected chi connectivity index (χ4v) is 5.31. The van der Waals surface area contributed by atoms with Gasteiger partial charge in [-0.05, 0) is 62.0 Å². The van der Waals surface area contributed by atoms with Gasteiger partial charge in [-0.2, -0.15) is 0 Å². The molecule has 0 aliphatic carbocycles. The first kappa shape index (κ1) is 21.4. The first-order valence-corrected chi connectivity index (χ1v) is 12.7. The molecular formula is C28H28N8. The highest BCUT2D eigenvalue weighted by atomic mass is 15.0. The van der Waals surface area contributed by atoms with Crippen molar-refractivity contribution in [3.8, 4) is 33.6 Å². The van der Waals surface area contributed by atoms with Crippen molar-refractivity contribution in [3.05, 3.63) is 72.8 Å². The van der Waals surface area contributed by atoms with E-state index in [4.69, 9.17) is 9.97 Å². The van der Waals surface area contributed by atoms with Crippen LogP contribution in [0, 0.1) is 0 Å². The minimum Gasteiger partial charge on any atom is -0.341 e. The predicted octanol–water partition coefficient (Wildman–Crippen LogP) is 4.93. The van der Waals surface area contributed by atoms with Gasteiger partial charge in [0, 0.05) is 23.5 Å². The zero-order valence-electron chi connectivity index (χ0n) is 20.0. The topological polar surface area (TPSA) is 107 Å². The van der Waals surface area contributed by atoms with Gasteiger partial charge >= 0.3 is 0 Å². The number of rotatable bonds is 5. The quantitative estimate of drug-likeness (QED) is 0.287. The molecule has 2 unspecified atom stereocenters.